The molecule has 3 aromatic rings. The first-order valence-corrected chi connectivity index (χ1v) is 9.41. The molecule has 1 fully saturated rings. The zero-order valence-electron chi connectivity index (χ0n) is 15.8. The van der Waals surface area contributed by atoms with Crippen LogP contribution in [0.15, 0.2) is 36.7 Å². The molecule has 2 nitrogen and oxygen atoms in total. The van der Waals surface area contributed by atoms with Crippen molar-refractivity contribution in [2.75, 3.05) is 0 Å². The summed E-state index contributed by atoms with van der Waals surface area (Å²) in [5.74, 6) is 0.678. The molecule has 0 aliphatic heterocycles. The van der Waals surface area contributed by atoms with Crippen LogP contribution in [0.3, 0.4) is 0 Å². The first kappa shape index (κ1) is 16.3. The van der Waals surface area contributed by atoms with E-state index in [1.54, 1.807) is 0 Å². The van der Waals surface area contributed by atoms with E-state index in [2.05, 4.69) is 62.7 Å². The van der Waals surface area contributed by atoms with Crippen LogP contribution in [0.4, 0.5) is 0 Å². The number of aryl methyl sites for hydroxylation is 3. The molecule has 2 aromatic carbocycles. The van der Waals surface area contributed by atoms with Gasteiger partial charge in [0.2, 0.25) is 0 Å². The van der Waals surface area contributed by atoms with Gasteiger partial charge in [0, 0.05) is 11.1 Å². The van der Waals surface area contributed by atoms with E-state index < -0.39 is 0 Å². The van der Waals surface area contributed by atoms with Crippen molar-refractivity contribution < 1.29 is 4.57 Å². The van der Waals surface area contributed by atoms with Crippen LogP contribution >= 0.6 is 0 Å². The maximum atomic E-state index is 4.85. The molecule has 128 valence electrons. The lowest BCUT2D eigenvalue weighted by atomic mass is 9.91. The monoisotopic (exact) mass is 331 g/mol. The van der Waals surface area contributed by atoms with Gasteiger partial charge >= 0.3 is 0 Å². The van der Waals surface area contributed by atoms with Crippen molar-refractivity contribution >= 4 is 10.9 Å². The highest BCUT2D eigenvalue weighted by molar-refractivity contribution is 5.93. The van der Waals surface area contributed by atoms with Crippen molar-refractivity contribution in [2.24, 2.45) is 7.05 Å². The Labute approximate surface area is 150 Å². The predicted molar refractivity (Wildman–Crippen MR) is 104 cm³/mol. The number of aromatic nitrogens is 2. The summed E-state index contributed by atoms with van der Waals surface area (Å²) in [6, 6.07) is 11.3. The van der Waals surface area contributed by atoms with Gasteiger partial charge in [-0.15, -0.1) is 0 Å². The molecule has 1 saturated carbocycles. The van der Waals surface area contributed by atoms with Gasteiger partial charge in [-0.3, -0.25) is 0 Å². The number of para-hydroxylation sites is 1. The van der Waals surface area contributed by atoms with Gasteiger partial charge in [0.05, 0.1) is 12.4 Å². The number of benzene rings is 2. The molecule has 1 heterocycles. The van der Waals surface area contributed by atoms with Crippen molar-refractivity contribution in [3.63, 3.8) is 0 Å². The summed E-state index contributed by atoms with van der Waals surface area (Å²) in [4.78, 5) is 4.85. The summed E-state index contributed by atoms with van der Waals surface area (Å²) in [6.45, 7) is 6.62. The third-order valence-corrected chi connectivity index (χ3v) is 5.90. The van der Waals surface area contributed by atoms with Gasteiger partial charge in [-0.1, -0.05) is 36.6 Å². The Kier molecular flexibility index (Phi) is 4.07. The van der Waals surface area contributed by atoms with Crippen molar-refractivity contribution in [1.82, 2.24) is 4.98 Å². The van der Waals surface area contributed by atoms with E-state index >= 15 is 0 Å². The van der Waals surface area contributed by atoms with E-state index in [-0.39, 0.29) is 0 Å². The van der Waals surface area contributed by atoms with Crippen LogP contribution in [-0.2, 0) is 7.05 Å². The van der Waals surface area contributed by atoms with Crippen molar-refractivity contribution in [3.05, 3.63) is 58.9 Å². The molecule has 0 spiro atoms. The Morgan fingerprint density at radius 3 is 2.56 bits per heavy atom. The van der Waals surface area contributed by atoms with Crippen LogP contribution in [0.5, 0.6) is 0 Å². The van der Waals surface area contributed by atoms with Gasteiger partial charge in [0.15, 0.2) is 5.52 Å². The molecule has 0 atom stereocenters. The van der Waals surface area contributed by atoms with Crippen LogP contribution < -0.4 is 4.57 Å². The van der Waals surface area contributed by atoms with E-state index in [4.69, 9.17) is 4.98 Å². The smallest absolute Gasteiger partial charge is 0.232 e. The lowest BCUT2D eigenvalue weighted by Crippen LogP contribution is -2.32. The Morgan fingerprint density at radius 2 is 1.80 bits per heavy atom. The molecule has 2 heteroatoms. The van der Waals surface area contributed by atoms with Gasteiger partial charge in [-0.05, 0) is 67.8 Å². The van der Waals surface area contributed by atoms with Crippen molar-refractivity contribution in [1.29, 1.82) is 0 Å². The molecule has 0 unspecified atom stereocenters. The second-order valence-electron chi connectivity index (χ2n) is 7.68. The first-order valence-electron chi connectivity index (χ1n) is 9.41. The summed E-state index contributed by atoms with van der Waals surface area (Å²) in [6.07, 6.45) is 7.31. The molecule has 1 aliphatic carbocycles. The molecule has 0 radical (unpaired) electrons. The Balaban J connectivity index is 2.02. The Bertz CT molecular complexity index is 950. The lowest BCUT2D eigenvalue weighted by molar-refractivity contribution is -0.662. The van der Waals surface area contributed by atoms with E-state index in [9.17, 15) is 0 Å². The standard InChI is InChI=1S/C23H27N2/c1-15-12-16(2)17(3)21(13-15)23-20-11-7-10-19(18-8-5-6-9-18)22(20)24-14-25(23)4/h7,10-14,18H,5-6,8-9H2,1-4H3/q+1. The van der Waals surface area contributed by atoms with Crippen molar-refractivity contribution in [2.45, 2.75) is 52.4 Å². The van der Waals surface area contributed by atoms with Gasteiger partial charge in [0.25, 0.3) is 6.33 Å². The maximum Gasteiger partial charge on any atom is 0.287 e. The lowest BCUT2D eigenvalue weighted by Gasteiger charge is -2.14. The van der Waals surface area contributed by atoms with Crippen LogP contribution in [0.25, 0.3) is 22.2 Å². The molecule has 0 N–H and O–H groups in total. The van der Waals surface area contributed by atoms with E-state index in [0.717, 1.165) is 0 Å². The second-order valence-corrected chi connectivity index (χ2v) is 7.68. The fraction of sp³-hybridized carbons (Fsp3) is 0.391. The van der Waals surface area contributed by atoms with E-state index in [1.165, 1.54) is 70.1 Å². The van der Waals surface area contributed by atoms with Gasteiger partial charge < -0.3 is 0 Å². The number of hydrogen-bond donors (Lipinski definition) is 0. The number of rotatable bonds is 2. The summed E-state index contributed by atoms with van der Waals surface area (Å²) in [5, 5.41) is 1.28. The van der Waals surface area contributed by atoms with Crippen molar-refractivity contribution in [3.8, 4) is 11.3 Å². The molecule has 1 aliphatic rings. The Hall–Kier alpha value is -2.22. The summed E-state index contributed by atoms with van der Waals surface area (Å²) in [7, 11) is 2.11. The largest absolute Gasteiger partial charge is 0.287 e. The van der Waals surface area contributed by atoms with Crippen LogP contribution in [0.2, 0.25) is 0 Å². The van der Waals surface area contributed by atoms with Crippen LogP contribution in [-0.4, -0.2) is 4.98 Å². The average molecular weight is 331 g/mol. The quantitative estimate of drug-likeness (QED) is 0.582. The minimum atomic E-state index is 0.678. The molecule has 25 heavy (non-hydrogen) atoms. The highest BCUT2D eigenvalue weighted by Crippen LogP contribution is 2.38. The molecule has 0 amide bonds. The number of fused-ring (bicyclic) bond motifs is 1. The second kappa shape index (κ2) is 6.25. The highest BCUT2D eigenvalue weighted by atomic mass is 15.0. The number of hydrogen-bond acceptors (Lipinski definition) is 1. The molecule has 1 aromatic heterocycles. The molecule has 0 saturated heterocycles. The van der Waals surface area contributed by atoms with Gasteiger partial charge in [-0.2, -0.15) is 0 Å². The molecular weight excluding hydrogens is 304 g/mol. The highest BCUT2D eigenvalue weighted by Gasteiger charge is 2.25. The zero-order valence-corrected chi connectivity index (χ0v) is 15.8. The summed E-state index contributed by atoms with van der Waals surface area (Å²) >= 11 is 0. The Morgan fingerprint density at radius 1 is 1.04 bits per heavy atom. The SMILES string of the molecule is Cc1cc(C)c(C)c(-c2c3cccc(C4CCCC4)c3nc[n+]2C)c1. The minimum Gasteiger partial charge on any atom is -0.232 e. The van der Waals surface area contributed by atoms with Crippen LogP contribution in [0.1, 0.15) is 53.9 Å². The summed E-state index contributed by atoms with van der Waals surface area (Å²) in [5.41, 5.74) is 9.28. The third kappa shape index (κ3) is 2.74. The predicted octanol–water partition coefficient (Wildman–Crippen LogP) is 5.31. The van der Waals surface area contributed by atoms with E-state index in [1.807, 2.05) is 6.33 Å². The first-order chi connectivity index (χ1) is 12.1. The maximum absolute atomic E-state index is 4.85. The van der Waals surface area contributed by atoms with Crippen LogP contribution in [0, 0.1) is 20.8 Å². The fourth-order valence-corrected chi connectivity index (χ4v) is 4.48. The number of nitrogens with zero attached hydrogens (tertiary/aromatic N) is 2. The van der Waals surface area contributed by atoms with Gasteiger partial charge in [0.1, 0.15) is 5.69 Å². The average Bonchev–Trinajstić information content (AvgIpc) is 3.12. The third-order valence-electron chi connectivity index (χ3n) is 5.90. The fourth-order valence-electron chi connectivity index (χ4n) is 4.48. The normalized spacial score (nSPS) is 15.2. The minimum absolute atomic E-state index is 0.678. The molecular formula is C23H27N2+. The molecule has 0 bridgehead atoms. The molecule has 4 rings (SSSR count). The zero-order chi connectivity index (χ0) is 17.6. The van der Waals surface area contributed by atoms with E-state index in [0.29, 0.717) is 5.92 Å². The van der Waals surface area contributed by atoms with Gasteiger partial charge in [-0.25, -0.2) is 4.57 Å². The topological polar surface area (TPSA) is 16.8 Å². The summed E-state index contributed by atoms with van der Waals surface area (Å²) < 4.78 is 2.18.